The minimum atomic E-state index is -0.431. The molecule has 2 amide bonds. The van der Waals surface area contributed by atoms with E-state index in [-0.39, 0.29) is 12.5 Å². The molecule has 0 aliphatic carbocycles. The van der Waals surface area contributed by atoms with Crippen molar-refractivity contribution in [3.8, 4) is 0 Å². The lowest BCUT2D eigenvalue weighted by atomic mass is 10.1. The number of nitrogens with zero attached hydrogens (tertiary/aromatic N) is 2. The summed E-state index contributed by atoms with van der Waals surface area (Å²) in [4.78, 5) is 26.8. The Kier molecular flexibility index (Phi) is 6.67. The number of piperazine rings is 1. The van der Waals surface area contributed by atoms with Gasteiger partial charge in [0.15, 0.2) is 6.61 Å². The zero-order valence-corrected chi connectivity index (χ0v) is 14.0. The monoisotopic (exact) mass is 339 g/mol. The van der Waals surface area contributed by atoms with Crippen LogP contribution in [0.15, 0.2) is 24.3 Å². The molecule has 1 heterocycles. The lowest BCUT2D eigenvalue weighted by molar-refractivity contribution is -0.123. The fraction of sp³-hybridized carbons (Fsp3) is 0.500. The molecule has 1 N–H and O–H groups in total. The minimum absolute atomic E-state index is 0.234. The van der Waals surface area contributed by atoms with Gasteiger partial charge < -0.3 is 15.0 Å². The number of ether oxygens (including phenoxy) is 1. The van der Waals surface area contributed by atoms with Crippen LogP contribution in [0.2, 0.25) is 5.02 Å². The van der Waals surface area contributed by atoms with Crippen molar-refractivity contribution in [2.24, 2.45) is 0 Å². The van der Waals surface area contributed by atoms with Gasteiger partial charge in [-0.25, -0.2) is 4.79 Å². The zero-order chi connectivity index (χ0) is 16.7. The molecule has 1 aromatic carbocycles. The summed E-state index contributed by atoms with van der Waals surface area (Å²) < 4.78 is 4.95. The molecule has 1 aliphatic rings. The predicted molar refractivity (Wildman–Crippen MR) is 88.6 cm³/mol. The molecule has 0 atom stereocenters. The number of carbonyl (C=O) groups is 2. The Bertz CT molecular complexity index is 545. The zero-order valence-electron chi connectivity index (χ0n) is 13.3. The highest BCUT2D eigenvalue weighted by Gasteiger charge is 2.22. The number of hydrogen-bond donors (Lipinski definition) is 1. The number of nitrogens with one attached hydrogen (secondary N) is 1. The highest BCUT2D eigenvalue weighted by atomic mass is 35.5. The average Bonchev–Trinajstić information content (AvgIpc) is 2.59. The van der Waals surface area contributed by atoms with E-state index in [0.717, 1.165) is 36.6 Å². The first-order valence-electron chi connectivity index (χ1n) is 7.68. The standard InChI is InChI=1S/C16H22ClN3O3/c1-18-15(21)12-23-16(22)20-10-8-19(9-11-20)7-6-13-4-2-3-5-14(13)17/h2-5H,6-12H2,1H3,(H,18,21). The second kappa shape index (κ2) is 8.74. The molecule has 6 nitrogen and oxygen atoms in total. The van der Waals surface area contributed by atoms with Crippen molar-refractivity contribution in [2.75, 3.05) is 46.4 Å². The van der Waals surface area contributed by atoms with E-state index in [1.807, 2.05) is 24.3 Å². The number of rotatable bonds is 5. The van der Waals surface area contributed by atoms with E-state index >= 15 is 0 Å². The molecule has 0 radical (unpaired) electrons. The van der Waals surface area contributed by atoms with Gasteiger partial charge in [0.2, 0.25) is 0 Å². The molecule has 23 heavy (non-hydrogen) atoms. The van der Waals surface area contributed by atoms with E-state index in [2.05, 4.69) is 10.2 Å². The molecule has 0 saturated carbocycles. The first-order valence-corrected chi connectivity index (χ1v) is 8.06. The van der Waals surface area contributed by atoms with Crippen LogP contribution in [0.4, 0.5) is 4.79 Å². The van der Waals surface area contributed by atoms with Crippen LogP contribution in [0, 0.1) is 0 Å². The highest BCUT2D eigenvalue weighted by molar-refractivity contribution is 6.31. The fourth-order valence-electron chi connectivity index (χ4n) is 2.42. The third kappa shape index (κ3) is 5.41. The molecule has 1 aliphatic heterocycles. The van der Waals surface area contributed by atoms with Crippen LogP contribution < -0.4 is 5.32 Å². The predicted octanol–water partition coefficient (Wildman–Crippen LogP) is 1.38. The molecule has 1 saturated heterocycles. The second-order valence-electron chi connectivity index (χ2n) is 5.40. The summed E-state index contributed by atoms with van der Waals surface area (Å²) in [6.07, 6.45) is 0.459. The van der Waals surface area contributed by atoms with Gasteiger partial charge in [0.05, 0.1) is 0 Å². The Labute approximate surface area is 141 Å². The maximum atomic E-state index is 11.8. The summed E-state index contributed by atoms with van der Waals surface area (Å²) >= 11 is 6.16. The van der Waals surface area contributed by atoms with Gasteiger partial charge in [0, 0.05) is 44.8 Å². The van der Waals surface area contributed by atoms with E-state index in [0.29, 0.717) is 13.1 Å². The van der Waals surface area contributed by atoms with Crippen LogP contribution in [0.1, 0.15) is 5.56 Å². The maximum absolute atomic E-state index is 11.8. The number of hydrogen-bond acceptors (Lipinski definition) is 4. The highest BCUT2D eigenvalue weighted by Crippen LogP contribution is 2.16. The normalized spacial score (nSPS) is 15.3. The van der Waals surface area contributed by atoms with Crippen molar-refractivity contribution in [2.45, 2.75) is 6.42 Å². The molecular formula is C16H22ClN3O3. The number of carbonyl (C=O) groups excluding carboxylic acids is 2. The molecule has 1 aromatic rings. The molecule has 0 unspecified atom stereocenters. The van der Waals surface area contributed by atoms with Crippen molar-refractivity contribution in [1.29, 1.82) is 0 Å². The summed E-state index contributed by atoms with van der Waals surface area (Å²) in [5.74, 6) is -0.309. The summed E-state index contributed by atoms with van der Waals surface area (Å²) in [5, 5.41) is 3.21. The summed E-state index contributed by atoms with van der Waals surface area (Å²) in [6, 6.07) is 7.85. The molecular weight excluding hydrogens is 318 g/mol. The number of halogens is 1. The Morgan fingerprint density at radius 1 is 1.22 bits per heavy atom. The van der Waals surface area contributed by atoms with Crippen LogP contribution in [0.5, 0.6) is 0 Å². The van der Waals surface area contributed by atoms with E-state index in [1.165, 1.54) is 7.05 Å². The molecule has 7 heteroatoms. The Morgan fingerprint density at radius 2 is 1.91 bits per heavy atom. The van der Waals surface area contributed by atoms with Gasteiger partial charge in [-0.15, -0.1) is 0 Å². The number of likely N-dealkylation sites (N-methyl/N-ethyl adjacent to an activating group) is 1. The van der Waals surface area contributed by atoms with Crippen molar-refractivity contribution in [3.63, 3.8) is 0 Å². The first-order chi connectivity index (χ1) is 11.1. The van der Waals surface area contributed by atoms with Gasteiger partial charge in [0.25, 0.3) is 5.91 Å². The molecule has 0 bridgehead atoms. The van der Waals surface area contributed by atoms with E-state index < -0.39 is 6.09 Å². The van der Waals surface area contributed by atoms with Gasteiger partial charge in [-0.3, -0.25) is 9.69 Å². The molecule has 2 rings (SSSR count). The van der Waals surface area contributed by atoms with Crippen LogP contribution >= 0.6 is 11.6 Å². The molecule has 1 fully saturated rings. The fourth-order valence-corrected chi connectivity index (χ4v) is 2.65. The third-order valence-electron chi connectivity index (χ3n) is 3.89. The molecule has 0 spiro atoms. The van der Waals surface area contributed by atoms with E-state index in [1.54, 1.807) is 4.90 Å². The lowest BCUT2D eigenvalue weighted by Gasteiger charge is -2.34. The number of amides is 2. The van der Waals surface area contributed by atoms with Crippen molar-refractivity contribution in [1.82, 2.24) is 15.1 Å². The van der Waals surface area contributed by atoms with Crippen molar-refractivity contribution < 1.29 is 14.3 Å². The Hall–Kier alpha value is -1.79. The van der Waals surface area contributed by atoms with E-state index in [4.69, 9.17) is 16.3 Å². The van der Waals surface area contributed by atoms with Gasteiger partial charge in [-0.05, 0) is 18.1 Å². The quantitative estimate of drug-likeness (QED) is 0.880. The van der Waals surface area contributed by atoms with Gasteiger partial charge in [-0.2, -0.15) is 0 Å². The van der Waals surface area contributed by atoms with E-state index in [9.17, 15) is 9.59 Å². The van der Waals surface area contributed by atoms with Crippen LogP contribution in [-0.2, 0) is 16.0 Å². The van der Waals surface area contributed by atoms with Crippen LogP contribution in [0.25, 0.3) is 0 Å². The van der Waals surface area contributed by atoms with Crippen molar-refractivity contribution >= 4 is 23.6 Å². The second-order valence-corrected chi connectivity index (χ2v) is 5.81. The smallest absolute Gasteiger partial charge is 0.410 e. The Balaban J connectivity index is 1.70. The van der Waals surface area contributed by atoms with Gasteiger partial charge in [-0.1, -0.05) is 29.8 Å². The number of benzene rings is 1. The third-order valence-corrected chi connectivity index (χ3v) is 4.26. The lowest BCUT2D eigenvalue weighted by Crippen LogP contribution is -2.49. The topological polar surface area (TPSA) is 61.9 Å². The van der Waals surface area contributed by atoms with Crippen LogP contribution in [0.3, 0.4) is 0 Å². The first kappa shape index (κ1) is 17.6. The van der Waals surface area contributed by atoms with Gasteiger partial charge >= 0.3 is 6.09 Å². The van der Waals surface area contributed by atoms with Crippen molar-refractivity contribution in [3.05, 3.63) is 34.9 Å². The molecule has 0 aromatic heterocycles. The summed E-state index contributed by atoms with van der Waals surface area (Å²) in [6.45, 7) is 3.47. The summed E-state index contributed by atoms with van der Waals surface area (Å²) in [7, 11) is 1.51. The Morgan fingerprint density at radius 3 is 2.57 bits per heavy atom. The minimum Gasteiger partial charge on any atom is -0.439 e. The summed E-state index contributed by atoms with van der Waals surface area (Å²) in [5.41, 5.74) is 1.14. The SMILES string of the molecule is CNC(=O)COC(=O)N1CCN(CCc2ccccc2Cl)CC1. The molecule has 126 valence electrons. The average molecular weight is 340 g/mol. The maximum Gasteiger partial charge on any atom is 0.410 e. The largest absolute Gasteiger partial charge is 0.439 e. The van der Waals surface area contributed by atoms with Gasteiger partial charge in [0.1, 0.15) is 0 Å². The van der Waals surface area contributed by atoms with Crippen LogP contribution in [-0.4, -0.2) is 68.2 Å².